The molecule has 5 heteroatoms. The van der Waals surface area contributed by atoms with Gasteiger partial charge in [-0.15, -0.1) is 0 Å². The van der Waals surface area contributed by atoms with Gasteiger partial charge in [0.25, 0.3) is 0 Å². The maximum Gasteiger partial charge on any atom is 0.245 e. The third kappa shape index (κ3) is 3.94. The average Bonchev–Trinajstić information content (AvgIpc) is 2.55. The molecule has 1 amide bonds. The number of halogens is 1. The van der Waals surface area contributed by atoms with Crippen molar-refractivity contribution in [3.63, 3.8) is 0 Å². The van der Waals surface area contributed by atoms with E-state index >= 15 is 0 Å². The minimum Gasteiger partial charge on any atom is -0.350 e. The SMILES string of the molecule is N#C[C@H](C(=O)NCc1ccccc1)C(=O)c1ccc(Cl)cc1. The molecule has 0 aliphatic carbocycles. The predicted molar refractivity (Wildman–Crippen MR) is 83.2 cm³/mol. The number of hydrogen-bond donors (Lipinski definition) is 1. The number of amides is 1. The Morgan fingerprint density at radius 1 is 1.09 bits per heavy atom. The van der Waals surface area contributed by atoms with Gasteiger partial charge >= 0.3 is 0 Å². The molecule has 0 radical (unpaired) electrons. The molecular formula is C17H13ClN2O2. The molecule has 1 atom stereocenters. The van der Waals surface area contributed by atoms with Gasteiger partial charge in [0, 0.05) is 17.1 Å². The Kier molecular flexibility index (Phi) is 5.29. The molecule has 2 aromatic rings. The Morgan fingerprint density at radius 3 is 2.32 bits per heavy atom. The van der Waals surface area contributed by atoms with Gasteiger partial charge in [-0.05, 0) is 29.8 Å². The summed E-state index contributed by atoms with van der Waals surface area (Å²) in [6.45, 7) is 0.270. The Balaban J connectivity index is 2.04. The van der Waals surface area contributed by atoms with E-state index in [2.05, 4.69) is 5.32 Å². The number of ketones is 1. The van der Waals surface area contributed by atoms with E-state index < -0.39 is 17.6 Å². The third-order valence-electron chi connectivity index (χ3n) is 3.09. The molecule has 2 rings (SSSR count). The summed E-state index contributed by atoms with van der Waals surface area (Å²) in [4.78, 5) is 24.3. The Hall–Kier alpha value is -2.64. The molecule has 110 valence electrons. The number of nitrogens with one attached hydrogen (secondary N) is 1. The van der Waals surface area contributed by atoms with Crippen molar-refractivity contribution in [1.82, 2.24) is 5.32 Å². The molecule has 0 aliphatic rings. The van der Waals surface area contributed by atoms with Crippen molar-refractivity contribution < 1.29 is 9.59 Å². The fourth-order valence-corrected chi connectivity index (χ4v) is 2.03. The van der Waals surface area contributed by atoms with Crippen LogP contribution in [0.1, 0.15) is 15.9 Å². The maximum atomic E-state index is 12.2. The first-order chi connectivity index (χ1) is 10.6. The number of hydrogen-bond acceptors (Lipinski definition) is 3. The van der Waals surface area contributed by atoms with E-state index in [-0.39, 0.29) is 12.1 Å². The highest BCUT2D eigenvalue weighted by atomic mass is 35.5. The van der Waals surface area contributed by atoms with Crippen molar-refractivity contribution in [3.05, 3.63) is 70.7 Å². The molecule has 0 saturated carbocycles. The van der Waals surface area contributed by atoms with Gasteiger partial charge in [-0.1, -0.05) is 41.9 Å². The van der Waals surface area contributed by atoms with Gasteiger partial charge in [0.05, 0.1) is 6.07 Å². The van der Waals surface area contributed by atoms with Crippen LogP contribution < -0.4 is 5.32 Å². The van der Waals surface area contributed by atoms with E-state index in [4.69, 9.17) is 16.9 Å². The fourth-order valence-electron chi connectivity index (χ4n) is 1.90. The Morgan fingerprint density at radius 2 is 1.73 bits per heavy atom. The van der Waals surface area contributed by atoms with Gasteiger partial charge in [0.2, 0.25) is 5.91 Å². The van der Waals surface area contributed by atoms with E-state index in [1.807, 2.05) is 30.3 Å². The van der Waals surface area contributed by atoms with Crippen molar-refractivity contribution in [1.29, 1.82) is 5.26 Å². The zero-order valence-electron chi connectivity index (χ0n) is 11.6. The minimum atomic E-state index is -1.37. The summed E-state index contributed by atoms with van der Waals surface area (Å²) in [5, 5.41) is 12.2. The van der Waals surface area contributed by atoms with Gasteiger partial charge in [-0.25, -0.2) is 0 Å². The van der Waals surface area contributed by atoms with E-state index in [9.17, 15) is 9.59 Å². The van der Waals surface area contributed by atoms with Crippen LogP contribution in [-0.4, -0.2) is 11.7 Å². The van der Waals surface area contributed by atoms with Crippen LogP contribution in [0.4, 0.5) is 0 Å². The monoisotopic (exact) mass is 312 g/mol. The molecule has 0 spiro atoms. The zero-order valence-corrected chi connectivity index (χ0v) is 12.4. The molecule has 0 aliphatic heterocycles. The Labute approximate surface area is 133 Å². The third-order valence-corrected chi connectivity index (χ3v) is 3.34. The van der Waals surface area contributed by atoms with Crippen LogP contribution in [0.3, 0.4) is 0 Å². The van der Waals surface area contributed by atoms with Gasteiger partial charge in [0.15, 0.2) is 11.7 Å². The first-order valence-electron chi connectivity index (χ1n) is 6.63. The first kappa shape index (κ1) is 15.7. The van der Waals surface area contributed by atoms with E-state index in [1.54, 1.807) is 18.2 Å². The lowest BCUT2D eigenvalue weighted by Crippen LogP contribution is -2.34. The zero-order chi connectivity index (χ0) is 15.9. The summed E-state index contributed by atoms with van der Waals surface area (Å²) in [5.74, 6) is -2.51. The molecule has 1 N–H and O–H groups in total. The average molecular weight is 313 g/mol. The van der Waals surface area contributed by atoms with Crippen LogP contribution in [0.15, 0.2) is 54.6 Å². The van der Waals surface area contributed by atoms with Gasteiger partial charge < -0.3 is 5.32 Å². The first-order valence-corrected chi connectivity index (χ1v) is 7.00. The predicted octanol–water partition coefficient (Wildman–Crippen LogP) is 2.98. The molecule has 0 bridgehead atoms. The topological polar surface area (TPSA) is 70.0 Å². The van der Waals surface area contributed by atoms with Gasteiger partial charge in [-0.3, -0.25) is 9.59 Å². The van der Waals surface area contributed by atoms with Crippen LogP contribution in [0, 0.1) is 17.2 Å². The molecule has 22 heavy (non-hydrogen) atoms. The van der Waals surface area contributed by atoms with Crippen molar-refractivity contribution in [3.8, 4) is 6.07 Å². The van der Waals surface area contributed by atoms with Gasteiger partial charge in [0.1, 0.15) is 0 Å². The van der Waals surface area contributed by atoms with Crippen LogP contribution >= 0.6 is 11.6 Å². The van der Waals surface area contributed by atoms with Crippen molar-refractivity contribution in [2.24, 2.45) is 5.92 Å². The minimum absolute atomic E-state index is 0.270. The van der Waals surface area contributed by atoms with Crippen LogP contribution in [0.5, 0.6) is 0 Å². The fraction of sp³-hybridized carbons (Fsp3) is 0.118. The van der Waals surface area contributed by atoms with E-state index in [1.165, 1.54) is 12.1 Å². The number of carbonyl (C=O) groups is 2. The van der Waals surface area contributed by atoms with Crippen LogP contribution in [0.25, 0.3) is 0 Å². The van der Waals surface area contributed by atoms with Crippen molar-refractivity contribution in [2.75, 3.05) is 0 Å². The molecule has 0 unspecified atom stereocenters. The summed E-state index contributed by atoms with van der Waals surface area (Å²) in [5.41, 5.74) is 1.18. The lowest BCUT2D eigenvalue weighted by molar-refractivity contribution is -0.122. The summed E-state index contributed by atoms with van der Waals surface area (Å²) in [6.07, 6.45) is 0. The largest absolute Gasteiger partial charge is 0.350 e. The van der Waals surface area contributed by atoms with Crippen molar-refractivity contribution >= 4 is 23.3 Å². The second-order valence-corrected chi connectivity index (χ2v) is 5.07. The number of rotatable bonds is 5. The molecule has 4 nitrogen and oxygen atoms in total. The lowest BCUT2D eigenvalue weighted by Gasteiger charge is -2.10. The number of benzene rings is 2. The maximum absolute atomic E-state index is 12.2. The summed E-state index contributed by atoms with van der Waals surface area (Å²) in [7, 11) is 0. The standard InChI is InChI=1S/C17H13ClN2O2/c18-14-8-6-13(7-9-14)16(21)15(10-19)17(22)20-11-12-4-2-1-3-5-12/h1-9,15H,11H2,(H,20,22)/t15-/m0/s1. The smallest absolute Gasteiger partial charge is 0.245 e. The second-order valence-electron chi connectivity index (χ2n) is 4.64. The second kappa shape index (κ2) is 7.39. The molecule has 0 aromatic heterocycles. The number of nitriles is 1. The van der Waals surface area contributed by atoms with Crippen LogP contribution in [-0.2, 0) is 11.3 Å². The summed E-state index contributed by atoms with van der Waals surface area (Å²) < 4.78 is 0. The molecule has 0 saturated heterocycles. The van der Waals surface area contributed by atoms with E-state index in [0.717, 1.165) is 5.56 Å². The molecule has 0 fully saturated rings. The lowest BCUT2D eigenvalue weighted by atomic mass is 9.98. The highest BCUT2D eigenvalue weighted by molar-refractivity contribution is 6.30. The normalized spacial score (nSPS) is 11.3. The van der Waals surface area contributed by atoms with Crippen LogP contribution in [0.2, 0.25) is 5.02 Å². The Bertz CT molecular complexity index is 706. The van der Waals surface area contributed by atoms with E-state index in [0.29, 0.717) is 5.02 Å². The quantitative estimate of drug-likeness (QED) is 0.681. The number of carbonyl (C=O) groups excluding carboxylic acids is 2. The van der Waals surface area contributed by atoms with Gasteiger partial charge in [-0.2, -0.15) is 5.26 Å². The molecule has 0 heterocycles. The summed E-state index contributed by atoms with van der Waals surface area (Å²) in [6, 6.07) is 17.1. The number of Topliss-reactive ketones (excluding diaryl/α,β-unsaturated/α-hetero) is 1. The highest BCUT2D eigenvalue weighted by Gasteiger charge is 2.27. The summed E-state index contributed by atoms with van der Waals surface area (Å²) >= 11 is 5.75. The highest BCUT2D eigenvalue weighted by Crippen LogP contribution is 2.14. The van der Waals surface area contributed by atoms with Crippen molar-refractivity contribution in [2.45, 2.75) is 6.54 Å². The molecule has 2 aromatic carbocycles. The number of nitrogens with zero attached hydrogens (tertiary/aromatic N) is 1. The molecular weight excluding hydrogens is 300 g/mol.